The van der Waals surface area contributed by atoms with Crippen molar-refractivity contribution in [3.8, 4) is 5.75 Å². The monoisotopic (exact) mass is 995 g/mol. The summed E-state index contributed by atoms with van der Waals surface area (Å²) < 4.78 is 19.5. The highest BCUT2D eigenvalue weighted by atomic mass is 16.5. The lowest BCUT2D eigenvalue weighted by Crippen LogP contribution is -2.52. The molecule has 18 nitrogen and oxygen atoms in total. The van der Waals surface area contributed by atoms with Crippen LogP contribution < -0.4 is 25.8 Å². The van der Waals surface area contributed by atoms with Crippen molar-refractivity contribution in [2.24, 2.45) is 0 Å². The molecule has 73 heavy (non-hydrogen) atoms. The number of aryl methyl sites for hydroxylation is 1. The summed E-state index contributed by atoms with van der Waals surface area (Å²) >= 11 is 0. The van der Waals surface area contributed by atoms with Gasteiger partial charge in [0.15, 0.2) is 5.78 Å². The quantitative estimate of drug-likeness (QED) is 0.0561. The fourth-order valence-electron chi connectivity index (χ4n) is 11.3. The Balaban J connectivity index is 0.587. The second kappa shape index (κ2) is 22.7. The number of piperazine rings is 1. The molecule has 1 saturated carbocycles. The van der Waals surface area contributed by atoms with Crippen molar-refractivity contribution in [2.75, 3.05) is 89.1 Å². The van der Waals surface area contributed by atoms with Crippen molar-refractivity contribution < 1.29 is 33.4 Å². The number of benzene rings is 2. The highest BCUT2D eigenvalue weighted by molar-refractivity contribution is 6.05. The Kier molecular flexibility index (Phi) is 15.5. The topological polar surface area (TPSA) is 194 Å². The lowest BCUT2D eigenvalue weighted by atomic mass is 9.87. The number of carbonyl (C=O) groups is 4. The van der Waals surface area contributed by atoms with Crippen molar-refractivity contribution in [1.29, 1.82) is 0 Å². The van der Waals surface area contributed by atoms with Crippen LogP contribution >= 0.6 is 0 Å². The van der Waals surface area contributed by atoms with Crippen LogP contribution in [0.2, 0.25) is 0 Å². The molecule has 3 aromatic heterocycles. The Labute approximate surface area is 425 Å². The summed E-state index contributed by atoms with van der Waals surface area (Å²) in [6.07, 6.45) is 10.1. The van der Waals surface area contributed by atoms with E-state index in [0.29, 0.717) is 85.8 Å². The van der Waals surface area contributed by atoms with Gasteiger partial charge < -0.3 is 29.3 Å². The Morgan fingerprint density at radius 3 is 2.34 bits per heavy atom. The molecule has 0 spiro atoms. The fraction of sp³-hybridized carbons (Fsp3) is 0.491. The van der Waals surface area contributed by atoms with Crippen molar-refractivity contribution in [3.63, 3.8) is 0 Å². The predicted octanol–water partition coefficient (Wildman–Crippen LogP) is 5.93. The summed E-state index contributed by atoms with van der Waals surface area (Å²) in [4.78, 5) is 86.2. The summed E-state index contributed by atoms with van der Waals surface area (Å²) in [5.74, 6) is 1.17. The van der Waals surface area contributed by atoms with Gasteiger partial charge in [0.05, 0.1) is 43.9 Å². The number of carbonyl (C=O) groups excluding carboxylic acids is 4. The molecular formula is C55H66N10O8. The number of ether oxygens (including phenoxy) is 3. The molecule has 18 heteroatoms. The van der Waals surface area contributed by atoms with Crippen LogP contribution in [0.4, 0.5) is 17.5 Å². The Morgan fingerprint density at radius 1 is 0.808 bits per heavy atom. The number of rotatable bonds is 19. The molecule has 0 bridgehead atoms. The molecule has 2 aromatic carbocycles. The van der Waals surface area contributed by atoms with E-state index in [1.165, 1.54) is 18.1 Å². The van der Waals surface area contributed by atoms with Gasteiger partial charge in [-0.05, 0) is 118 Å². The number of pyridine rings is 2. The van der Waals surface area contributed by atoms with Crippen molar-refractivity contribution >= 4 is 52.0 Å². The van der Waals surface area contributed by atoms with Crippen molar-refractivity contribution in [1.82, 2.24) is 39.5 Å². The maximum absolute atomic E-state index is 13.6. The van der Waals surface area contributed by atoms with Crippen LogP contribution in [0.5, 0.6) is 5.75 Å². The molecule has 1 atom stereocenters. The summed E-state index contributed by atoms with van der Waals surface area (Å²) in [6.45, 7) is 13.5. The second-order valence-electron chi connectivity index (χ2n) is 20.0. The number of fused-ring (bicyclic) bond motifs is 2. The third kappa shape index (κ3) is 11.5. The molecule has 4 fully saturated rings. The molecule has 1 unspecified atom stereocenters. The molecule has 3 saturated heterocycles. The number of hydrogen-bond acceptors (Lipinski definition) is 15. The maximum Gasteiger partial charge on any atom is 0.263 e. The average molecular weight is 995 g/mol. The van der Waals surface area contributed by atoms with Gasteiger partial charge in [-0.1, -0.05) is 37.1 Å². The van der Waals surface area contributed by atoms with Gasteiger partial charge in [-0.3, -0.25) is 43.7 Å². The molecule has 4 aliphatic heterocycles. The van der Waals surface area contributed by atoms with Crippen LogP contribution in [0.25, 0.3) is 11.0 Å². The first-order valence-corrected chi connectivity index (χ1v) is 26.1. The van der Waals surface area contributed by atoms with Crippen molar-refractivity contribution in [3.05, 3.63) is 111 Å². The zero-order chi connectivity index (χ0) is 50.4. The number of imide groups is 1. The largest absolute Gasteiger partial charge is 0.491 e. The molecule has 0 radical (unpaired) electrons. The number of nitrogens with zero attached hydrogens (tertiary/aromatic N) is 8. The molecule has 384 valence electrons. The normalized spacial score (nSPS) is 19.2. The molecule has 2 N–H and O–H groups in total. The number of aromatic nitrogens is 4. The first-order chi connectivity index (χ1) is 35.6. The zero-order valence-electron chi connectivity index (χ0n) is 42.0. The lowest BCUT2D eigenvalue weighted by Gasteiger charge is -2.35. The minimum Gasteiger partial charge on any atom is -0.491 e. The van der Waals surface area contributed by atoms with Gasteiger partial charge in [-0.25, -0.2) is 9.97 Å². The van der Waals surface area contributed by atoms with Crippen molar-refractivity contribution in [2.45, 2.75) is 96.3 Å². The van der Waals surface area contributed by atoms with E-state index in [1.807, 2.05) is 30.5 Å². The molecule has 3 amide bonds. The SMILES string of the molecule is CC(=O)c1c(C)c2cnc(Nc3ccc(N4CCN(CCOCCOCCOc5cccc(CN6CCC(c7ccc8c(c7)CN(C7CCC(=O)NC7=O)C8=O)CC6)c5)CC4)cn3)nc2n(C2CCCC2)c1=O. The summed E-state index contributed by atoms with van der Waals surface area (Å²) in [5.41, 5.74) is 6.24. The van der Waals surface area contributed by atoms with Gasteiger partial charge in [0.2, 0.25) is 17.8 Å². The van der Waals surface area contributed by atoms with Crippen LogP contribution in [-0.2, 0) is 32.2 Å². The molecular weight excluding hydrogens is 929 g/mol. The van der Waals surface area contributed by atoms with Crippen LogP contribution in [0.15, 0.2) is 71.8 Å². The molecule has 7 heterocycles. The summed E-state index contributed by atoms with van der Waals surface area (Å²) in [6, 6.07) is 17.8. The highest BCUT2D eigenvalue weighted by Gasteiger charge is 2.39. The van der Waals surface area contributed by atoms with Crippen LogP contribution in [0.3, 0.4) is 0 Å². The van der Waals surface area contributed by atoms with E-state index >= 15 is 0 Å². The van der Waals surface area contributed by atoms with Gasteiger partial charge in [0.25, 0.3) is 11.5 Å². The lowest BCUT2D eigenvalue weighted by molar-refractivity contribution is -0.136. The zero-order valence-corrected chi connectivity index (χ0v) is 42.0. The van der Waals surface area contributed by atoms with Crippen LogP contribution in [-0.4, -0.2) is 143 Å². The number of Topliss-reactive ketones (excluding diaryl/α,β-unsaturated/α-hetero) is 1. The third-order valence-corrected chi connectivity index (χ3v) is 15.3. The van der Waals surface area contributed by atoms with E-state index in [4.69, 9.17) is 19.2 Å². The van der Waals surface area contributed by atoms with E-state index in [1.54, 1.807) is 22.6 Å². The minimum absolute atomic E-state index is 0.0128. The first-order valence-electron chi connectivity index (χ1n) is 26.1. The van der Waals surface area contributed by atoms with E-state index in [9.17, 15) is 24.0 Å². The highest BCUT2D eigenvalue weighted by Crippen LogP contribution is 2.35. The average Bonchev–Trinajstić information content (AvgIpc) is 4.04. The van der Waals surface area contributed by atoms with Gasteiger partial charge in [-0.2, -0.15) is 4.98 Å². The van der Waals surface area contributed by atoms with Gasteiger partial charge in [0, 0.05) is 75.4 Å². The van der Waals surface area contributed by atoms with E-state index in [2.05, 4.69) is 65.6 Å². The molecule has 1 aliphatic carbocycles. The van der Waals surface area contributed by atoms with E-state index in [0.717, 1.165) is 108 Å². The fourth-order valence-corrected chi connectivity index (χ4v) is 11.3. The predicted molar refractivity (Wildman–Crippen MR) is 276 cm³/mol. The first kappa shape index (κ1) is 50.0. The standard InChI is InChI=1S/C55H66N10O8/c1-36-46-33-57-55(60-51(46)65(42-7-3-4-8-42)54(70)50(36)37(2)66)58-48-14-11-43(32-56-48)63-22-20-61(21-23-63)24-25-71-26-27-72-28-29-73-44-9-5-6-38(30-44)34-62-18-16-39(17-19-62)40-10-12-45-41(31-40)35-64(53(45)69)47-13-15-49(67)59-52(47)68/h5-6,9-12,14,30-33,39,42,47H,3-4,7-8,13,15-29,34-35H2,1-2H3,(H,59,67,68)(H,56,57,58,60). The summed E-state index contributed by atoms with van der Waals surface area (Å²) in [7, 11) is 0. The number of likely N-dealkylation sites (tertiary alicyclic amines) is 1. The Bertz CT molecular complexity index is 2890. The van der Waals surface area contributed by atoms with Crippen LogP contribution in [0.1, 0.15) is 113 Å². The maximum atomic E-state index is 13.6. The third-order valence-electron chi connectivity index (χ3n) is 15.3. The van der Waals surface area contributed by atoms with E-state index in [-0.39, 0.29) is 47.1 Å². The number of nitrogens with one attached hydrogen (secondary N) is 2. The number of amides is 3. The number of piperidine rings is 2. The molecule has 5 aliphatic rings. The van der Waals surface area contributed by atoms with Gasteiger partial charge in [0.1, 0.15) is 29.9 Å². The Morgan fingerprint density at radius 2 is 1.59 bits per heavy atom. The Hall–Kier alpha value is -6.60. The summed E-state index contributed by atoms with van der Waals surface area (Å²) in [5, 5.41) is 6.32. The smallest absolute Gasteiger partial charge is 0.263 e. The van der Waals surface area contributed by atoms with Gasteiger partial charge >= 0.3 is 0 Å². The number of anilines is 3. The number of ketones is 1. The molecule has 5 aromatic rings. The minimum atomic E-state index is -0.599. The molecule has 10 rings (SSSR count). The van der Waals surface area contributed by atoms with Gasteiger partial charge in [-0.15, -0.1) is 0 Å². The second-order valence-corrected chi connectivity index (χ2v) is 20.0. The van der Waals surface area contributed by atoms with E-state index < -0.39 is 6.04 Å². The van der Waals surface area contributed by atoms with Crippen LogP contribution in [0, 0.1) is 6.92 Å². The number of hydrogen-bond donors (Lipinski definition) is 2.